The molecular weight excluding hydrogens is 296 g/mol. The Morgan fingerprint density at radius 2 is 1.00 bits per heavy atom. The largest absolute Gasteiger partial charge is 0.504 e. The van der Waals surface area contributed by atoms with Crippen molar-refractivity contribution in [3.63, 3.8) is 0 Å². The van der Waals surface area contributed by atoms with Crippen LogP contribution >= 0.6 is 21.6 Å². The molecule has 4 N–H and O–H groups in total. The summed E-state index contributed by atoms with van der Waals surface area (Å²) in [4.78, 5) is 0. The second-order valence-corrected chi connectivity index (χ2v) is 6.63. The van der Waals surface area contributed by atoms with E-state index in [1.54, 1.807) is 33.7 Å². The molecule has 4 nitrogen and oxygen atoms in total. The molecule has 0 aliphatic rings. The zero-order valence-corrected chi connectivity index (χ0v) is 12.1. The Bertz CT molecular complexity index is 548. The Morgan fingerprint density at radius 1 is 0.600 bits per heavy atom. The molecule has 0 atom stereocenters. The van der Waals surface area contributed by atoms with Gasteiger partial charge >= 0.3 is 0 Å². The van der Waals surface area contributed by atoms with Crippen molar-refractivity contribution in [2.75, 3.05) is 0 Å². The number of aromatic hydroxyl groups is 4. The molecule has 0 aliphatic carbocycles. The number of phenolic OH excluding ortho intramolecular Hbond substituents is 4. The molecule has 0 spiro atoms. The van der Waals surface area contributed by atoms with E-state index >= 15 is 0 Å². The minimum atomic E-state index is -0.119. The van der Waals surface area contributed by atoms with Crippen molar-refractivity contribution in [2.24, 2.45) is 0 Å². The molecule has 0 amide bonds. The van der Waals surface area contributed by atoms with Crippen LogP contribution in [0.4, 0.5) is 0 Å². The molecule has 2 aromatic rings. The van der Waals surface area contributed by atoms with E-state index < -0.39 is 0 Å². The lowest BCUT2D eigenvalue weighted by molar-refractivity contribution is 0.403. The van der Waals surface area contributed by atoms with Gasteiger partial charge in [0.25, 0.3) is 0 Å². The minimum Gasteiger partial charge on any atom is -0.504 e. The molecule has 106 valence electrons. The lowest BCUT2D eigenvalue weighted by Crippen LogP contribution is -1.81. The van der Waals surface area contributed by atoms with E-state index in [9.17, 15) is 20.4 Å². The molecule has 20 heavy (non-hydrogen) atoms. The van der Waals surface area contributed by atoms with Gasteiger partial charge in [0.05, 0.1) is 0 Å². The van der Waals surface area contributed by atoms with Crippen LogP contribution in [0.3, 0.4) is 0 Å². The smallest absolute Gasteiger partial charge is 0.157 e. The van der Waals surface area contributed by atoms with Gasteiger partial charge in [0.1, 0.15) is 0 Å². The van der Waals surface area contributed by atoms with E-state index in [1.165, 1.54) is 24.3 Å². The fourth-order valence-corrected chi connectivity index (χ4v) is 3.65. The van der Waals surface area contributed by atoms with E-state index in [-0.39, 0.29) is 23.0 Å². The maximum absolute atomic E-state index is 9.37. The molecule has 0 bridgehead atoms. The number of phenols is 4. The SMILES string of the molecule is Oc1ccc(CSSCc2ccc(O)c(O)c2)cc1O. The molecule has 6 heteroatoms. The minimum absolute atomic E-state index is 0.114. The Morgan fingerprint density at radius 3 is 1.35 bits per heavy atom. The number of hydrogen-bond acceptors (Lipinski definition) is 6. The van der Waals surface area contributed by atoms with E-state index in [2.05, 4.69) is 0 Å². The van der Waals surface area contributed by atoms with E-state index in [0.29, 0.717) is 11.5 Å². The first-order valence-corrected chi connectivity index (χ1v) is 8.31. The van der Waals surface area contributed by atoms with E-state index in [1.807, 2.05) is 0 Å². The molecule has 0 heterocycles. The predicted octanol–water partition coefficient (Wildman–Crippen LogP) is 3.59. The molecule has 0 unspecified atom stereocenters. The van der Waals surface area contributed by atoms with Crippen LogP contribution in [0.15, 0.2) is 36.4 Å². The van der Waals surface area contributed by atoms with Crippen LogP contribution in [0.25, 0.3) is 0 Å². The van der Waals surface area contributed by atoms with Crippen molar-refractivity contribution in [2.45, 2.75) is 11.5 Å². The van der Waals surface area contributed by atoms with Gasteiger partial charge in [-0.05, 0) is 35.4 Å². The average Bonchev–Trinajstić information content (AvgIpc) is 2.42. The zero-order chi connectivity index (χ0) is 14.5. The molecule has 0 saturated carbocycles. The van der Waals surface area contributed by atoms with Gasteiger partial charge in [0, 0.05) is 11.5 Å². The first-order valence-electron chi connectivity index (χ1n) is 5.82. The Kier molecular flexibility index (Phi) is 4.92. The standard InChI is InChI=1S/C14H14O4S2/c15-11-3-1-9(5-13(11)17)7-19-20-8-10-2-4-12(16)14(18)6-10/h1-6,15-18H,7-8H2. The molecule has 0 aromatic heterocycles. The van der Waals surface area contributed by atoms with Gasteiger partial charge in [0.2, 0.25) is 0 Å². The van der Waals surface area contributed by atoms with Crippen molar-refractivity contribution in [3.05, 3.63) is 47.5 Å². The monoisotopic (exact) mass is 310 g/mol. The van der Waals surface area contributed by atoms with Gasteiger partial charge < -0.3 is 20.4 Å². The van der Waals surface area contributed by atoms with Crippen molar-refractivity contribution >= 4 is 21.6 Å². The van der Waals surface area contributed by atoms with Gasteiger partial charge in [-0.15, -0.1) is 0 Å². The maximum Gasteiger partial charge on any atom is 0.157 e. The van der Waals surface area contributed by atoms with Crippen LogP contribution in [-0.4, -0.2) is 20.4 Å². The summed E-state index contributed by atoms with van der Waals surface area (Å²) in [5.74, 6) is 0.926. The fourth-order valence-electron chi connectivity index (χ4n) is 1.54. The van der Waals surface area contributed by atoms with Crippen LogP contribution in [0.2, 0.25) is 0 Å². The van der Waals surface area contributed by atoms with Crippen molar-refractivity contribution < 1.29 is 20.4 Å². The first kappa shape index (κ1) is 14.7. The number of hydrogen-bond donors (Lipinski definition) is 4. The summed E-state index contributed by atoms with van der Waals surface area (Å²) in [6.07, 6.45) is 0. The van der Waals surface area contributed by atoms with Gasteiger partial charge in [-0.25, -0.2) is 0 Å². The topological polar surface area (TPSA) is 80.9 Å². The fraction of sp³-hybridized carbons (Fsp3) is 0.143. The summed E-state index contributed by atoms with van der Waals surface area (Å²) in [7, 11) is 3.21. The summed E-state index contributed by atoms with van der Waals surface area (Å²) >= 11 is 0. The Balaban J connectivity index is 1.81. The third-order valence-corrected chi connectivity index (χ3v) is 4.89. The Labute approximate surface area is 124 Å². The summed E-state index contributed by atoms with van der Waals surface area (Å²) in [5, 5.41) is 37.2. The highest BCUT2D eigenvalue weighted by Gasteiger charge is 2.03. The molecule has 0 radical (unpaired) electrons. The van der Waals surface area contributed by atoms with Crippen LogP contribution in [0.5, 0.6) is 23.0 Å². The van der Waals surface area contributed by atoms with Gasteiger partial charge in [-0.2, -0.15) is 0 Å². The van der Waals surface area contributed by atoms with Gasteiger partial charge in [-0.1, -0.05) is 33.7 Å². The molecule has 0 saturated heterocycles. The maximum atomic E-state index is 9.37. The first-order chi connectivity index (χ1) is 9.56. The second kappa shape index (κ2) is 6.67. The van der Waals surface area contributed by atoms with Crippen molar-refractivity contribution in [3.8, 4) is 23.0 Å². The summed E-state index contributed by atoms with van der Waals surface area (Å²) in [6, 6.07) is 9.52. The molecular formula is C14H14O4S2. The van der Waals surface area contributed by atoms with Gasteiger partial charge in [-0.3, -0.25) is 0 Å². The second-order valence-electron chi connectivity index (χ2n) is 4.17. The normalized spacial score (nSPS) is 10.6. The summed E-state index contributed by atoms with van der Waals surface area (Å²) < 4.78 is 0. The predicted molar refractivity (Wildman–Crippen MR) is 82.1 cm³/mol. The van der Waals surface area contributed by atoms with Crippen LogP contribution in [-0.2, 0) is 11.5 Å². The third kappa shape index (κ3) is 3.91. The van der Waals surface area contributed by atoms with Crippen molar-refractivity contribution in [1.82, 2.24) is 0 Å². The third-order valence-electron chi connectivity index (χ3n) is 2.61. The molecule has 2 rings (SSSR count). The highest BCUT2D eigenvalue weighted by Crippen LogP contribution is 2.34. The average molecular weight is 310 g/mol. The zero-order valence-electron chi connectivity index (χ0n) is 10.5. The molecule has 0 fully saturated rings. The van der Waals surface area contributed by atoms with E-state index in [0.717, 1.165) is 11.1 Å². The summed E-state index contributed by atoms with van der Waals surface area (Å²) in [5.41, 5.74) is 1.85. The van der Waals surface area contributed by atoms with E-state index in [4.69, 9.17) is 0 Å². The van der Waals surface area contributed by atoms with Crippen LogP contribution in [0, 0.1) is 0 Å². The lowest BCUT2D eigenvalue weighted by Gasteiger charge is -2.05. The van der Waals surface area contributed by atoms with Gasteiger partial charge in [0.15, 0.2) is 23.0 Å². The quantitative estimate of drug-likeness (QED) is 0.384. The molecule has 0 aliphatic heterocycles. The summed E-state index contributed by atoms with van der Waals surface area (Å²) in [6.45, 7) is 0. The number of benzene rings is 2. The molecule has 2 aromatic carbocycles. The van der Waals surface area contributed by atoms with Crippen LogP contribution < -0.4 is 0 Å². The number of rotatable bonds is 5. The van der Waals surface area contributed by atoms with Crippen molar-refractivity contribution in [1.29, 1.82) is 0 Å². The highest BCUT2D eigenvalue weighted by atomic mass is 33.1. The Hall–Kier alpha value is -1.66. The van der Waals surface area contributed by atoms with Crippen LogP contribution in [0.1, 0.15) is 11.1 Å². The lowest BCUT2D eigenvalue weighted by atomic mass is 10.2. The highest BCUT2D eigenvalue weighted by molar-refractivity contribution is 8.76.